The largest absolute Gasteiger partial charge is 0.356 e. The highest BCUT2D eigenvalue weighted by atomic mass is 16.5. The predicted octanol–water partition coefficient (Wildman–Crippen LogP) is 1.89. The van der Waals surface area contributed by atoms with Crippen LogP contribution < -0.4 is 10.6 Å². The Hall–Kier alpha value is -3.48. The van der Waals surface area contributed by atoms with Crippen LogP contribution >= 0.6 is 0 Å². The molecule has 0 fully saturated rings. The molecule has 1 aliphatic heterocycles. The van der Waals surface area contributed by atoms with Gasteiger partial charge in [-0.25, -0.2) is 0 Å². The second-order valence-corrected chi connectivity index (χ2v) is 5.39. The number of anilines is 1. The molecule has 0 unspecified atom stereocenters. The molecule has 0 aliphatic carbocycles. The lowest BCUT2D eigenvalue weighted by atomic mass is 10.1. The van der Waals surface area contributed by atoms with Gasteiger partial charge in [0.2, 0.25) is 5.91 Å². The molecule has 2 heterocycles. The smallest absolute Gasteiger partial charge is 0.259 e. The lowest BCUT2D eigenvalue weighted by molar-refractivity contribution is -0.115. The van der Waals surface area contributed by atoms with Crippen LogP contribution in [0.5, 0.6) is 0 Å². The van der Waals surface area contributed by atoms with Gasteiger partial charge in [0.15, 0.2) is 5.58 Å². The van der Waals surface area contributed by atoms with E-state index in [1.165, 1.54) is 12.1 Å². The molecule has 3 amide bonds. The van der Waals surface area contributed by atoms with Crippen LogP contribution in [0.3, 0.4) is 0 Å². The van der Waals surface area contributed by atoms with Crippen LogP contribution in [0.25, 0.3) is 11.0 Å². The highest BCUT2D eigenvalue weighted by Gasteiger charge is 2.26. The highest BCUT2D eigenvalue weighted by molar-refractivity contribution is 6.22. The van der Waals surface area contributed by atoms with Crippen molar-refractivity contribution in [1.29, 1.82) is 0 Å². The minimum Gasteiger partial charge on any atom is -0.356 e. The van der Waals surface area contributed by atoms with Crippen LogP contribution in [-0.4, -0.2) is 22.9 Å². The first-order chi connectivity index (χ1) is 11.6. The number of nitrogens with one attached hydrogen (secondary N) is 2. The molecule has 1 aromatic heterocycles. The summed E-state index contributed by atoms with van der Waals surface area (Å²) >= 11 is 0. The average molecular weight is 321 g/mol. The number of amides is 3. The summed E-state index contributed by atoms with van der Waals surface area (Å²) in [6.45, 7) is 0. The van der Waals surface area contributed by atoms with Crippen LogP contribution in [0.15, 0.2) is 47.0 Å². The lowest BCUT2D eigenvalue weighted by Gasteiger charge is -2.05. The SMILES string of the molecule is O=C(Cc1noc2ccccc12)Nc1ccc2c(c1)C(=O)NC2=O. The van der Waals surface area contributed by atoms with Crippen molar-refractivity contribution in [2.24, 2.45) is 0 Å². The number of hydrogen-bond donors (Lipinski definition) is 2. The van der Waals surface area contributed by atoms with Crippen molar-refractivity contribution >= 4 is 34.4 Å². The molecule has 0 saturated carbocycles. The summed E-state index contributed by atoms with van der Waals surface area (Å²) in [5.74, 6) is -1.19. The van der Waals surface area contributed by atoms with Gasteiger partial charge in [0.05, 0.1) is 17.5 Å². The molecule has 0 saturated heterocycles. The van der Waals surface area contributed by atoms with Gasteiger partial charge in [-0.2, -0.15) is 0 Å². The summed E-state index contributed by atoms with van der Waals surface area (Å²) in [6, 6.07) is 11.9. The standard InChI is InChI=1S/C17H11N3O4/c21-15(8-13-11-3-1-2-4-14(11)24-20-13)18-9-5-6-10-12(7-9)17(23)19-16(10)22/h1-7H,8H2,(H,18,21)(H,19,22,23). The Morgan fingerprint density at radius 1 is 1.08 bits per heavy atom. The number of carbonyl (C=O) groups excluding carboxylic acids is 3. The Kier molecular flexibility index (Phi) is 3.13. The van der Waals surface area contributed by atoms with Gasteiger partial charge in [-0.1, -0.05) is 17.3 Å². The van der Waals surface area contributed by atoms with E-state index >= 15 is 0 Å². The fourth-order valence-electron chi connectivity index (χ4n) is 2.67. The van der Waals surface area contributed by atoms with E-state index < -0.39 is 11.8 Å². The Bertz CT molecular complexity index is 1010. The Morgan fingerprint density at radius 3 is 2.75 bits per heavy atom. The summed E-state index contributed by atoms with van der Waals surface area (Å²) in [5, 5.41) is 9.60. The Balaban J connectivity index is 1.54. The summed E-state index contributed by atoms with van der Waals surface area (Å²) in [5.41, 5.74) is 2.16. The van der Waals surface area contributed by atoms with E-state index in [9.17, 15) is 14.4 Å². The topological polar surface area (TPSA) is 101 Å². The number of rotatable bonds is 3. The van der Waals surface area contributed by atoms with Gasteiger partial charge < -0.3 is 9.84 Å². The van der Waals surface area contributed by atoms with Crippen molar-refractivity contribution in [1.82, 2.24) is 10.5 Å². The van der Waals surface area contributed by atoms with Crippen molar-refractivity contribution in [3.05, 3.63) is 59.3 Å². The monoisotopic (exact) mass is 321 g/mol. The van der Waals surface area contributed by atoms with Crippen LogP contribution in [0.2, 0.25) is 0 Å². The van der Waals surface area contributed by atoms with E-state index in [2.05, 4.69) is 15.8 Å². The molecule has 0 bridgehead atoms. The number of nitrogens with zero attached hydrogens (tertiary/aromatic N) is 1. The molecule has 0 radical (unpaired) electrons. The number of fused-ring (bicyclic) bond motifs is 2. The zero-order valence-electron chi connectivity index (χ0n) is 12.3. The predicted molar refractivity (Wildman–Crippen MR) is 84.6 cm³/mol. The second kappa shape index (κ2) is 5.31. The summed E-state index contributed by atoms with van der Waals surface area (Å²) in [7, 11) is 0. The van der Waals surface area contributed by atoms with Crippen molar-refractivity contribution in [2.75, 3.05) is 5.32 Å². The lowest BCUT2D eigenvalue weighted by Crippen LogP contribution is -2.19. The third kappa shape index (κ3) is 2.32. The number of benzene rings is 2. The van der Waals surface area contributed by atoms with Crippen LogP contribution in [0.4, 0.5) is 5.69 Å². The van der Waals surface area contributed by atoms with Crippen molar-refractivity contribution in [3.63, 3.8) is 0 Å². The molecule has 118 valence electrons. The van der Waals surface area contributed by atoms with Gasteiger partial charge in [-0.3, -0.25) is 19.7 Å². The molecule has 0 atom stereocenters. The zero-order chi connectivity index (χ0) is 16.7. The van der Waals surface area contributed by atoms with E-state index in [0.29, 0.717) is 22.5 Å². The fraction of sp³-hybridized carbons (Fsp3) is 0.0588. The summed E-state index contributed by atoms with van der Waals surface area (Å²) < 4.78 is 5.17. The van der Waals surface area contributed by atoms with E-state index in [0.717, 1.165) is 5.39 Å². The first-order valence-electron chi connectivity index (χ1n) is 7.25. The molecular weight excluding hydrogens is 310 g/mol. The summed E-state index contributed by atoms with van der Waals surface area (Å²) in [6.07, 6.45) is 0.0409. The molecule has 7 nitrogen and oxygen atoms in total. The van der Waals surface area contributed by atoms with E-state index in [-0.39, 0.29) is 17.9 Å². The minimum absolute atomic E-state index is 0.0409. The molecule has 4 rings (SSSR count). The van der Waals surface area contributed by atoms with Gasteiger partial charge in [0, 0.05) is 11.1 Å². The van der Waals surface area contributed by atoms with Gasteiger partial charge in [0.25, 0.3) is 11.8 Å². The number of hydrogen-bond acceptors (Lipinski definition) is 5. The van der Waals surface area contributed by atoms with E-state index in [1.54, 1.807) is 12.1 Å². The van der Waals surface area contributed by atoms with Crippen molar-refractivity contribution in [2.45, 2.75) is 6.42 Å². The summed E-state index contributed by atoms with van der Waals surface area (Å²) in [4.78, 5) is 35.4. The van der Waals surface area contributed by atoms with Gasteiger partial charge >= 0.3 is 0 Å². The number of carbonyl (C=O) groups is 3. The fourth-order valence-corrected chi connectivity index (χ4v) is 2.67. The Morgan fingerprint density at radius 2 is 1.88 bits per heavy atom. The third-order valence-electron chi connectivity index (χ3n) is 3.80. The molecule has 24 heavy (non-hydrogen) atoms. The highest BCUT2D eigenvalue weighted by Crippen LogP contribution is 2.21. The third-order valence-corrected chi connectivity index (χ3v) is 3.80. The molecule has 1 aliphatic rings. The second-order valence-electron chi connectivity index (χ2n) is 5.39. The molecular formula is C17H11N3O4. The molecule has 3 aromatic rings. The molecule has 2 N–H and O–H groups in total. The average Bonchev–Trinajstić information content (AvgIpc) is 3.09. The van der Waals surface area contributed by atoms with Gasteiger partial charge in [-0.15, -0.1) is 0 Å². The quantitative estimate of drug-likeness (QED) is 0.717. The van der Waals surface area contributed by atoms with Crippen LogP contribution in [0, 0.1) is 0 Å². The van der Waals surface area contributed by atoms with E-state index in [4.69, 9.17) is 4.52 Å². The maximum atomic E-state index is 12.2. The zero-order valence-corrected chi connectivity index (χ0v) is 12.3. The van der Waals surface area contributed by atoms with Gasteiger partial charge in [-0.05, 0) is 30.3 Å². The molecule has 7 heteroatoms. The normalized spacial score (nSPS) is 13.0. The number of para-hydroxylation sites is 1. The Labute approximate surface area is 135 Å². The van der Waals surface area contributed by atoms with Crippen molar-refractivity contribution < 1.29 is 18.9 Å². The molecule has 0 spiro atoms. The number of aromatic nitrogens is 1. The van der Waals surface area contributed by atoms with Crippen LogP contribution in [0.1, 0.15) is 26.4 Å². The van der Waals surface area contributed by atoms with Crippen molar-refractivity contribution in [3.8, 4) is 0 Å². The molecule has 2 aromatic carbocycles. The minimum atomic E-state index is -0.464. The van der Waals surface area contributed by atoms with E-state index in [1.807, 2.05) is 18.2 Å². The number of imide groups is 1. The van der Waals surface area contributed by atoms with Crippen LogP contribution in [-0.2, 0) is 11.2 Å². The maximum absolute atomic E-state index is 12.2. The first-order valence-corrected chi connectivity index (χ1v) is 7.25. The van der Waals surface area contributed by atoms with Gasteiger partial charge in [0.1, 0.15) is 5.69 Å². The maximum Gasteiger partial charge on any atom is 0.259 e. The first kappa shape index (κ1) is 14.1.